The lowest BCUT2D eigenvalue weighted by Gasteiger charge is -2.13. The van der Waals surface area contributed by atoms with Gasteiger partial charge in [0.2, 0.25) is 0 Å². The molecule has 106 valence electrons. The maximum Gasteiger partial charge on any atom is 0.404 e. The molecule has 20 heavy (non-hydrogen) atoms. The summed E-state index contributed by atoms with van der Waals surface area (Å²) in [5.41, 5.74) is 5.98. The molecule has 0 fully saturated rings. The first-order valence-corrected chi connectivity index (χ1v) is 6.40. The van der Waals surface area contributed by atoms with Crippen LogP contribution in [0.15, 0.2) is 36.4 Å². The highest BCUT2D eigenvalue weighted by molar-refractivity contribution is 5.87. The van der Waals surface area contributed by atoms with Crippen molar-refractivity contribution >= 4 is 16.9 Å². The second-order valence-electron chi connectivity index (χ2n) is 4.31. The lowest BCUT2D eigenvalue weighted by atomic mass is 10.0. The standard InChI is InChI=1S/C15H18N2O3/c1-19-14-7-6-11-4-2-3-5-12(11)13(14)10-17-8-9-20-15(16)18/h2-7,17H,8-10H2,1H3,(H2,16,18). The van der Waals surface area contributed by atoms with Gasteiger partial charge in [0.05, 0.1) is 7.11 Å². The predicted octanol–water partition coefficient (Wildman–Crippen LogP) is 2.03. The molecule has 1 amide bonds. The predicted molar refractivity (Wildman–Crippen MR) is 77.7 cm³/mol. The van der Waals surface area contributed by atoms with Gasteiger partial charge >= 0.3 is 6.09 Å². The van der Waals surface area contributed by atoms with Crippen molar-refractivity contribution in [3.05, 3.63) is 42.0 Å². The Labute approximate surface area is 117 Å². The molecule has 2 rings (SSSR count). The number of methoxy groups -OCH3 is 1. The number of primary amides is 1. The van der Waals surface area contributed by atoms with Crippen LogP contribution in [-0.4, -0.2) is 26.4 Å². The van der Waals surface area contributed by atoms with Crippen molar-refractivity contribution in [3.8, 4) is 5.75 Å². The van der Waals surface area contributed by atoms with Gasteiger partial charge in [-0.2, -0.15) is 0 Å². The largest absolute Gasteiger partial charge is 0.496 e. The third-order valence-electron chi connectivity index (χ3n) is 3.04. The molecule has 0 unspecified atom stereocenters. The number of carbonyl (C=O) groups is 1. The van der Waals surface area contributed by atoms with E-state index in [9.17, 15) is 4.79 Å². The Bertz CT molecular complexity index is 599. The second-order valence-corrected chi connectivity index (χ2v) is 4.31. The van der Waals surface area contributed by atoms with E-state index in [1.807, 2.05) is 24.3 Å². The maximum absolute atomic E-state index is 10.5. The SMILES string of the molecule is COc1ccc2ccccc2c1CNCCOC(N)=O. The van der Waals surface area contributed by atoms with Gasteiger partial charge in [-0.25, -0.2) is 4.79 Å². The minimum atomic E-state index is -0.755. The first-order chi connectivity index (χ1) is 9.72. The van der Waals surface area contributed by atoms with Gasteiger partial charge < -0.3 is 20.5 Å². The second kappa shape index (κ2) is 6.77. The third-order valence-corrected chi connectivity index (χ3v) is 3.04. The number of hydrogen-bond donors (Lipinski definition) is 2. The Morgan fingerprint density at radius 1 is 1.25 bits per heavy atom. The van der Waals surface area contributed by atoms with E-state index in [-0.39, 0.29) is 6.61 Å². The number of amides is 1. The zero-order valence-electron chi connectivity index (χ0n) is 11.4. The third kappa shape index (κ3) is 3.39. The van der Waals surface area contributed by atoms with Crippen molar-refractivity contribution in [3.63, 3.8) is 0 Å². The molecule has 3 N–H and O–H groups in total. The number of carbonyl (C=O) groups excluding carboxylic acids is 1. The first-order valence-electron chi connectivity index (χ1n) is 6.40. The van der Waals surface area contributed by atoms with E-state index in [0.717, 1.165) is 16.7 Å². The molecule has 5 heteroatoms. The average molecular weight is 274 g/mol. The zero-order chi connectivity index (χ0) is 14.4. The van der Waals surface area contributed by atoms with Crippen LogP contribution < -0.4 is 15.8 Å². The van der Waals surface area contributed by atoms with Crippen molar-refractivity contribution < 1.29 is 14.3 Å². The summed E-state index contributed by atoms with van der Waals surface area (Å²) >= 11 is 0. The van der Waals surface area contributed by atoms with Crippen LogP contribution in [0, 0.1) is 0 Å². The molecule has 0 heterocycles. The van der Waals surface area contributed by atoms with Crippen LogP contribution >= 0.6 is 0 Å². The van der Waals surface area contributed by atoms with Gasteiger partial charge in [0.15, 0.2) is 0 Å². The fourth-order valence-corrected chi connectivity index (χ4v) is 2.13. The van der Waals surface area contributed by atoms with Gasteiger partial charge in [0.25, 0.3) is 0 Å². The number of hydrogen-bond acceptors (Lipinski definition) is 4. The minimum absolute atomic E-state index is 0.252. The summed E-state index contributed by atoms with van der Waals surface area (Å²) in [6, 6.07) is 12.1. The molecule has 0 aliphatic carbocycles. The topological polar surface area (TPSA) is 73.6 Å². The Morgan fingerprint density at radius 2 is 2.05 bits per heavy atom. The highest BCUT2D eigenvalue weighted by Gasteiger charge is 2.07. The number of rotatable bonds is 6. The van der Waals surface area contributed by atoms with E-state index in [0.29, 0.717) is 13.1 Å². The molecule has 0 saturated carbocycles. The average Bonchev–Trinajstić information content (AvgIpc) is 2.46. The van der Waals surface area contributed by atoms with Crippen molar-refractivity contribution in [1.82, 2.24) is 5.32 Å². The summed E-state index contributed by atoms with van der Waals surface area (Å²) in [5, 5.41) is 5.52. The van der Waals surface area contributed by atoms with Crippen LogP contribution in [0.3, 0.4) is 0 Å². The molecule has 2 aromatic rings. The van der Waals surface area contributed by atoms with Crippen molar-refractivity contribution in [1.29, 1.82) is 0 Å². The molecule has 0 atom stereocenters. The van der Waals surface area contributed by atoms with E-state index in [1.54, 1.807) is 7.11 Å². The monoisotopic (exact) mass is 274 g/mol. The van der Waals surface area contributed by atoms with Crippen LogP contribution in [0.5, 0.6) is 5.75 Å². The fourth-order valence-electron chi connectivity index (χ4n) is 2.13. The lowest BCUT2D eigenvalue weighted by Crippen LogP contribution is -2.23. The summed E-state index contributed by atoms with van der Waals surface area (Å²) in [6.45, 7) is 1.42. The molecule has 0 spiro atoms. The quantitative estimate of drug-likeness (QED) is 0.790. The number of benzene rings is 2. The highest BCUT2D eigenvalue weighted by Crippen LogP contribution is 2.27. The van der Waals surface area contributed by atoms with Gasteiger partial charge in [-0.05, 0) is 16.8 Å². The van der Waals surface area contributed by atoms with Crippen molar-refractivity contribution in [2.24, 2.45) is 5.73 Å². The molecule has 0 aromatic heterocycles. The molecule has 0 aliphatic rings. The number of ether oxygens (including phenoxy) is 2. The van der Waals surface area contributed by atoms with Gasteiger partial charge in [0, 0.05) is 18.7 Å². The Morgan fingerprint density at radius 3 is 2.80 bits per heavy atom. The van der Waals surface area contributed by atoms with E-state index >= 15 is 0 Å². The summed E-state index contributed by atoms with van der Waals surface area (Å²) < 4.78 is 10.1. The van der Waals surface area contributed by atoms with E-state index in [1.165, 1.54) is 5.39 Å². The molecule has 0 saturated heterocycles. The van der Waals surface area contributed by atoms with Crippen LogP contribution in [0.25, 0.3) is 10.8 Å². The molecule has 0 aliphatic heterocycles. The molecule has 5 nitrogen and oxygen atoms in total. The Hall–Kier alpha value is -2.27. The molecule has 0 bridgehead atoms. The number of nitrogens with two attached hydrogens (primary N) is 1. The van der Waals surface area contributed by atoms with Crippen molar-refractivity contribution in [2.45, 2.75) is 6.54 Å². The van der Waals surface area contributed by atoms with Gasteiger partial charge in [-0.1, -0.05) is 30.3 Å². The van der Waals surface area contributed by atoms with E-state index < -0.39 is 6.09 Å². The normalized spacial score (nSPS) is 10.4. The Balaban J connectivity index is 2.09. The van der Waals surface area contributed by atoms with E-state index in [4.69, 9.17) is 10.5 Å². The fraction of sp³-hybridized carbons (Fsp3) is 0.267. The van der Waals surface area contributed by atoms with Gasteiger partial charge in [-0.3, -0.25) is 0 Å². The van der Waals surface area contributed by atoms with Gasteiger partial charge in [-0.15, -0.1) is 0 Å². The molecular weight excluding hydrogens is 256 g/mol. The number of fused-ring (bicyclic) bond motifs is 1. The number of nitrogens with one attached hydrogen (secondary N) is 1. The Kier molecular flexibility index (Phi) is 4.79. The maximum atomic E-state index is 10.5. The first kappa shape index (κ1) is 14.1. The smallest absolute Gasteiger partial charge is 0.404 e. The summed E-state index contributed by atoms with van der Waals surface area (Å²) in [6.07, 6.45) is -0.755. The van der Waals surface area contributed by atoms with Gasteiger partial charge in [0.1, 0.15) is 12.4 Å². The summed E-state index contributed by atoms with van der Waals surface area (Å²) in [5.74, 6) is 0.840. The molecular formula is C15H18N2O3. The molecule has 0 radical (unpaired) electrons. The van der Waals surface area contributed by atoms with Crippen LogP contribution in [0.1, 0.15) is 5.56 Å². The summed E-state index contributed by atoms with van der Waals surface area (Å²) in [4.78, 5) is 10.5. The van der Waals surface area contributed by atoms with Crippen LogP contribution in [0.2, 0.25) is 0 Å². The molecule has 2 aromatic carbocycles. The summed E-state index contributed by atoms with van der Waals surface area (Å²) in [7, 11) is 1.66. The highest BCUT2D eigenvalue weighted by atomic mass is 16.5. The lowest BCUT2D eigenvalue weighted by molar-refractivity contribution is 0.157. The zero-order valence-corrected chi connectivity index (χ0v) is 11.4. The van der Waals surface area contributed by atoms with Crippen LogP contribution in [-0.2, 0) is 11.3 Å². The minimum Gasteiger partial charge on any atom is -0.496 e. The van der Waals surface area contributed by atoms with E-state index in [2.05, 4.69) is 22.2 Å². The van der Waals surface area contributed by atoms with Crippen LogP contribution in [0.4, 0.5) is 4.79 Å². The van der Waals surface area contributed by atoms with Crippen molar-refractivity contribution in [2.75, 3.05) is 20.3 Å².